The lowest BCUT2D eigenvalue weighted by Gasteiger charge is -2.57. The van der Waals surface area contributed by atoms with Gasteiger partial charge in [-0.2, -0.15) is 0 Å². The largest absolute Gasteiger partial charge is 0.460 e. The van der Waals surface area contributed by atoms with Gasteiger partial charge in [0.1, 0.15) is 12.6 Å². The van der Waals surface area contributed by atoms with Crippen LogP contribution in [0.1, 0.15) is 32.9 Å². The smallest absolute Gasteiger partial charge is 0.326 e. The molecule has 0 aromatic carbocycles. The molecule has 0 spiro atoms. The van der Waals surface area contributed by atoms with Crippen molar-refractivity contribution in [3.05, 3.63) is 20.7 Å². The molecule has 0 radical (unpaired) electrons. The number of aromatic nitrogens is 1. The van der Waals surface area contributed by atoms with E-state index in [1.54, 1.807) is 19.4 Å². The first kappa shape index (κ1) is 15.3. The minimum atomic E-state index is -0.371. The Balaban J connectivity index is 1.99. The fourth-order valence-corrected chi connectivity index (χ4v) is 3.27. The summed E-state index contributed by atoms with van der Waals surface area (Å²) in [6, 6.07) is 0. The molecule has 112 valence electrons. The predicted molar refractivity (Wildman–Crippen MR) is 77.0 cm³/mol. The Bertz CT molecular complexity index is 574. The summed E-state index contributed by atoms with van der Waals surface area (Å²) in [5.41, 5.74) is 0.283. The maximum atomic E-state index is 12.0. The second kappa shape index (κ2) is 5.00. The molecule has 0 N–H and O–H groups in total. The van der Waals surface area contributed by atoms with Crippen LogP contribution in [0.5, 0.6) is 0 Å². The first-order chi connectivity index (χ1) is 9.21. The Morgan fingerprint density at radius 1 is 1.50 bits per heavy atom. The number of carbonyl (C=O) groups is 1. The molecule has 0 saturated heterocycles. The normalized spacial score (nSPS) is 27.9. The van der Waals surface area contributed by atoms with Gasteiger partial charge in [0.15, 0.2) is 0 Å². The van der Waals surface area contributed by atoms with E-state index in [0.29, 0.717) is 6.42 Å². The van der Waals surface area contributed by atoms with Gasteiger partial charge in [-0.05, 0) is 13.8 Å². The van der Waals surface area contributed by atoms with E-state index in [4.69, 9.17) is 9.47 Å². The summed E-state index contributed by atoms with van der Waals surface area (Å²) in [5, 5.41) is 1.74. The molecule has 1 heterocycles. The highest BCUT2D eigenvalue weighted by atomic mass is 32.1. The van der Waals surface area contributed by atoms with Crippen LogP contribution in [0.3, 0.4) is 0 Å². The van der Waals surface area contributed by atoms with Gasteiger partial charge in [0.2, 0.25) is 0 Å². The number of methoxy groups -OCH3 is 1. The van der Waals surface area contributed by atoms with Crippen LogP contribution in [-0.4, -0.2) is 29.4 Å². The van der Waals surface area contributed by atoms with E-state index in [2.05, 4.69) is 0 Å². The summed E-state index contributed by atoms with van der Waals surface area (Å²) in [5.74, 6) is -0.371. The van der Waals surface area contributed by atoms with E-state index in [-0.39, 0.29) is 34.5 Å². The van der Waals surface area contributed by atoms with Crippen molar-refractivity contribution in [3.63, 3.8) is 0 Å². The lowest BCUT2D eigenvalue weighted by molar-refractivity contribution is -0.242. The van der Waals surface area contributed by atoms with Crippen LogP contribution in [0.25, 0.3) is 0 Å². The van der Waals surface area contributed by atoms with Crippen molar-refractivity contribution in [2.24, 2.45) is 5.41 Å². The number of hydrogen-bond acceptors (Lipinski definition) is 5. The van der Waals surface area contributed by atoms with Gasteiger partial charge in [-0.3, -0.25) is 14.2 Å². The SMILES string of the molecule is CO[C@@]1(C)C[C@H](OC(=O)Cn2c(C)csc2=O)C1(C)C. The highest BCUT2D eigenvalue weighted by molar-refractivity contribution is 7.07. The third-order valence-electron chi connectivity index (χ3n) is 4.73. The third-order valence-corrected chi connectivity index (χ3v) is 5.61. The van der Waals surface area contributed by atoms with Crippen molar-refractivity contribution < 1.29 is 14.3 Å². The Labute approximate surface area is 122 Å². The molecule has 1 fully saturated rings. The molecule has 0 aliphatic heterocycles. The van der Waals surface area contributed by atoms with Gasteiger partial charge < -0.3 is 9.47 Å². The van der Waals surface area contributed by atoms with Crippen molar-refractivity contribution in [1.29, 1.82) is 0 Å². The zero-order valence-electron chi connectivity index (χ0n) is 12.6. The van der Waals surface area contributed by atoms with Crippen LogP contribution in [0.2, 0.25) is 0 Å². The van der Waals surface area contributed by atoms with Crippen molar-refractivity contribution in [3.8, 4) is 0 Å². The summed E-state index contributed by atoms with van der Waals surface area (Å²) in [7, 11) is 1.67. The maximum Gasteiger partial charge on any atom is 0.326 e. The van der Waals surface area contributed by atoms with Gasteiger partial charge in [-0.25, -0.2) is 0 Å². The zero-order chi connectivity index (χ0) is 15.1. The van der Waals surface area contributed by atoms with Crippen LogP contribution >= 0.6 is 11.3 Å². The Morgan fingerprint density at radius 3 is 2.60 bits per heavy atom. The van der Waals surface area contributed by atoms with Crippen molar-refractivity contribution >= 4 is 17.3 Å². The van der Waals surface area contributed by atoms with Crippen molar-refractivity contribution in [1.82, 2.24) is 4.57 Å². The van der Waals surface area contributed by atoms with E-state index in [9.17, 15) is 9.59 Å². The lowest BCUT2D eigenvalue weighted by atomic mass is 9.57. The van der Waals surface area contributed by atoms with Crippen LogP contribution in [0, 0.1) is 12.3 Å². The summed E-state index contributed by atoms with van der Waals surface area (Å²) in [6.45, 7) is 7.86. The van der Waals surface area contributed by atoms with Crippen LogP contribution < -0.4 is 4.87 Å². The minimum absolute atomic E-state index is 0.0234. The number of aryl methyl sites for hydroxylation is 1. The number of esters is 1. The van der Waals surface area contributed by atoms with Gasteiger partial charge in [-0.1, -0.05) is 25.2 Å². The van der Waals surface area contributed by atoms with Crippen LogP contribution in [0.4, 0.5) is 0 Å². The molecule has 0 unspecified atom stereocenters. The van der Waals surface area contributed by atoms with Crippen LogP contribution in [0.15, 0.2) is 10.2 Å². The molecule has 2 atom stereocenters. The molecule has 0 amide bonds. The lowest BCUT2D eigenvalue weighted by Crippen LogP contribution is -2.64. The number of nitrogens with zero attached hydrogens (tertiary/aromatic N) is 1. The van der Waals surface area contributed by atoms with Gasteiger partial charge in [0, 0.05) is 30.0 Å². The zero-order valence-corrected chi connectivity index (χ0v) is 13.4. The number of carbonyl (C=O) groups excluding carboxylic acids is 1. The highest BCUT2D eigenvalue weighted by Crippen LogP contribution is 2.53. The van der Waals surface area contributed by atoms with Gasteiger partial charge in [-0.15, -0.1) is 0 Å². The highest BCUT2D eigenvalue weighted by Gasteiger charge is 2.59. The molecule has 5 nitrogen and oxygen atoms in total. The van der Waals surface area contributed by atoms with E-state index >= 15 is 0 Å². The first-order valence-electron chi connectivity index (χ1n) is 6.61. The molecular formula is C14H21NO4S. The number of ether oxygens (including phenoxy) is 2. The molecule has 20 heavy (non-hydrogen) atoms. The van der Waals surface area contributed by atoms with E-state index in [1.165, 1.54) is 4.57 Å². The van der Waals surface area contributed by atoms with Gasteiger partial charge >= 0.3 is 10.8 Å². The minimum Gasteiger partial charge on any atom is -0.460 e. The van der Waals surface area contributed by atoms with Crippen molar-refractivity contribution in [2.75, 3.05) is 7.11 Å². The fraction of sp³-hybridized carbons (Fsp3) is 0.714. The summed E-state index contributed by atoms with van der Waals surface area (Å²) in [6.07, 6.45) is 0.509. The molecule has 1 aromatic heterocycles. The second-order valence-electron chi connectivity index (χ2n) is 6.07. The number of thiazole rings is 1. The second-order valence-corrected chi connectivity index (χ2v) is 6.89. The molecule has 2 rings (SSSR count). The molecule has 1 aromatic rings. The third kappa shape index (κ3) is 2.31. The van der Waals surface area contributed by atoms with Crippen LogP contribution in [-0.2, 0) is 20.8 Å². The summed E-state index contributed by atoms with van der Waals surface area (Å²) >= 11 is 1.09. The van der Waals surface area contributed by atoms with Gasteiger partial charge in [0.05, 0.1) is 5.60 Å². The Hall–Kier alpha value is -1.14. The van der Waals surface area contributed by atoms with E-state index < -0.39 is 0 Å². The van der Waals surface area contributed by atoms with Crippen molar-refractivity contribution in [2.45, 2.75) is 52.4 Å². The average Bonchev–Trinajstić information content (AvgIpc) is 2.69. The molecule has 1 saturated carbocycles. The Kier molecular flexibility index (Phi) is 3.81. The van der Waals surface area contributed by atoms with Gasteiger partial charge in [0.25, 0.3) is 0 Å². The maximum absolute atomic E-state index is 12.0. The molecule has 0 bridgehead atoms. The quantitative estimate of drug-likeness (QED) is 0.798. The van der Waals surface area contributed by atoms with E-state index in [0.717, 1.165) is 17.0 Å². The number of rotatable bonds is 4. The Morgan fingerprint density at radius 2 is 2.15 bits per heavy atom. The monoisotopic (exact) mass is 299 g/mol. The molecule has 1 aliphatic rings. The standard InChI is InChI=1S/C14H21NO4S/c1-9-8-20-12(17)15(9)7-11(16)19-10-6-14(4,18-5)13(10,2)3/h8,10H,6-7H2,1-5H3/t10-,14-/m0/s1. The molecule has 1 aliphatic carbocycles. The topological polar surface area (TPSA) is 57.5 Å². The summed E-state index contributed by atoms with van der Waals surface area (Å²) < 4.78 is 12.4. The molecule has 6 heteroatoms. The predicted octanol–water partition coefficient (Wildman–Crippen LogP) is 1.97. The molecular weight excluding hydrogens is 278 g/mol. The number of hydrogen-bond donors (Lipinski definition) is 0. The summed E-state index contributed by atoms with van der Waals surface area (Å²) in [4.78, 5) is 23.4. The fourth-order valence-electron chi connectivity index (χ4n) is 2.54. The first-order valence-corrected chi connectivity index (χ1v) is 7.49. The average molecular weight is 299 g/mol. The van der Waals surface area contributed by atoms with E-state index in [1.807, 2.05) is 20.8 Å².